The standard InChI is InChI=1S/C24H32N2O2/c1-24(2)15-8-12-19-21(24)23(28)26(16-14-17-9-4-3-5-10-17)22(25-19)18-11-6-7-13-20(18)27/h6-7,11,13,17,27H,3-5,8-10,12,14-16H2,1-2H3. The molecule has 150 valence electrons. The van der Waals surface area contributed by atoms with Gasteiger partial charge in [0.25, 0.3) is 5.56 Å². The van der Waals surface area contributed by atoms with Crippen LogP contribution in [-0.2, 0) is 18.4 Å². The molecule has 0 bridgehead atoms. The molecule has 2 aliphatic carbocycles. The van der Waals surface area contributed by atoms with Gasteiger partial charge >= 0.3 is 0 Å². The fraction of sp³-hybridized carbons (Fsp3) is 0.583. The highest BCUT2D eigenvalue weighted by Crippen LogP contribution is 2.36. The van der Waals surface area contributed by atoms with Crippen LogP contribution in [0.15, 0.2) is 29.1 Å². The van der Waals surface area contributed by atoms with Crippen LogP contribution in [0.5, 0.6) is 5.75 Å². The molecule has 1 N–H and O–H groups in total. The van der Waals surface area contributed by atoms with E-state index in [1.54, 1.807) is 6.07 Å². The molecule has 1 saturated carbocycles. The third-order valence-corrected chi connectivity index (χ3v) is 6.77. The fourth-order valence-corrected chi connectivity index (χ4v) is 5.15. The van der Waals surface area contributed by atoms with Gasteiger partial charge in [0.2, 0.25) is 0 Å². The molecule has 1 aromatic heterocycles. The van der Waals surface area contributed by atoms with E-state index in [0.717, 1.165) is 36.9 Å². The Balaban J connectivity index is 1.81. The quantitative estimate of drug-likeness (QED) is 0.793. The van der Waals surface area contributed by atoms with Gasteiger partial charge < -0.3 is 5.11 Å². The Morgan fingerprint density at radius 1 is 1.14 bits per heavy atom. The second-order valence-corrected chi connectivity index (χ2v) is 9.26. The van der Waals surface area contributed by atoms with Gasteiger partial charge in [0, 0.05) is 12.1 Å². The van der Waals surface area contributed by atoms with Crippen LogP contribution >= 0.6 is 0 Å². The predicted octanol–water partition coefficient (Wildman–Crippen LogP) is 5.20. The maximum atomic E-state index is 13.6. The lowest BCUT2D eigenvalue weighted by Gasteiger charge is -2.32. The van der Waals surface area contributed by atoms with E-state index < -0.39 is 0 Å². The summed E-state index contributed by atoms with van der Waals surface area (Å²) >= 11 is 0. The topological polar surface area (TPSA) is 55.1 Å². The number of para-hydroxylation sites is 1. The molecule has 4 rings (SSSR count). The molecule has 28 heavy (non-hydrogen) atoms. The van der Waals surface area contributed by atoms with Crippen molar-refractivity contribution in [1.82, 2.24) is 9.55 Å². The van der Waals surface area contributed by atoms with Crippen molar-refractivity contribution >= 4 is 0 Å². The van der Waals surface area contributed by atoms with Gasteiger partial charge in [-0.15, -0.1) is 0 Å². The number of fused-ring (bicyclic) bond motifs is 1. The predicted molar refractivity (Wildman–Crippen MR) is 113 cm³/mol. The second-order valence-electron chi connectivity index (χ2n) is 9.26. The maximum absolute atomic E-state index is 13.6. The lowest BCUT2D eigenvalue weighted by atomic mass is 9.75. The number of aromatic nitrogens is 2. The summed E-state index contributed by atoms with van der Waals surface area (Å²) in [6.07, 6.45) is 10.4. The number of benzene rings is 1. The zero-order chi connectivity index (χ0) is 19.7. The Kier molecular flexibility index (Phi) is 5.31. The minimum absolute atomic E-state index is 0.101. The first-order valence-electron chi connectivity index (χ1n) is 10.9. The van der Waals surface area contributed by atoms with Crippen LogP contribution in [0.4, 0.5) is 0 Å². The van der Waals surface area contributed by atoms with Crippen LogP contribution < -0.4 is 5.56 Å². The number of nitrogens with zero attached hydrogens (tertiary/aromatic N) is 2. The maximum Gasteiger partial charge on any atom is 0.257 e. The van der Waals surface area contributed by atoms with E-state index in [1.807, 2.05) is 22.8 Å². The van der Waals surface area contributed by atoms with Gasteiger partial charge in [-0.3, -0.25) is 9.36 Å². The Morgan fingerprint density at radius 3 is 2.64 bits per heavy atom. The zero-order valence-corrected chi connectivity index (χ0v) is 17.2. The molecule has 1 fully saturated rings. The summed E-state index contributed by atoms with van der Waals surface area (Å²) in [5.74, 6) is 1.52. The summed E-state index contributed by atoms with van der Waals surface area (Å²) < 4.78 is 1.86. The molecule has 1 heterocycles. The van der Waals surface area contributed by atoms with Crippen molar-refractivity contribution in [3.63, 3.8) is 0 Å². The van der Waals surface area contributed by atoms with Crippen LogP contribution in [0.25, 0.3) is 11.4 Å². The Hall–Kier alpha value is -2.10. The molecule has 0 aliphatic heterocycles. The Bertz CT molecular complexity index is 907. The molecule has 0 radical (unpaired) electrons. The highest BCUT2D eigenvalue weighted by molar-refractivity contribution is 5.64. The molecule has 0 atom stereocenters. The average Bonchev–Trinajstić information content (AvgIpc) is 2.67. The van der Waals surface area contributed by atoms with Crippen LogP contribution in [0, 0.1) is 5.92 Å². The van der Waals surface area contributed by atoms with Crippen molar-refractivity contribution < 1.29 is 5.11 Å². The van der Waals surface area contributed by atoms with Crippen molar-refractivity contribution in [3.8, 4) is 17.1 Å². The van der Waals surface area contributed by atoms with E-state index in [4.69, 9.17) is 4.98 Å². The van der Waals surface area contributed by atoms with E-state index in [1.165, 1.54) is 32.1 Å². The number of rotatable bonds is 4. The van der Waals surface area contributed by atoms with Gasteiger partial charge in [-0.25, -0.2) is 4.98 Å². The zero-order valence-electron chi connectivity index (χ0n) is 17.2. The molecular weight excluding hydrogens is 348 g/mol. The SMILES string of the molecule is CC1(C)CCCc2nc(-c3ccccc3O)n(CCC3CCCCC3)c(=O)c21. The van der Waals surface area contributed by atoms with Crippen molar-refractivity contribution in [3.05, 3.63) is 45.9 Å². The molecule has 0 amide bonds. The van der Waals surface area contributed by atoms with E-state index in [0.29, 0.717) is 23.9 Å². The Morgan fingerprint density at radius 2 is 1.89 bits per heavy atom. The molecule has 4 nitrogen and oxygen atoms in total. The lowest BCUT2D eigenvalue weighted by molar-refractivity contribution is 0.320. The second kappa shape index (κ2) is 7.73. The molecule has 0 spiro atoms. The summed E-state index contributed by atoms with van der Waals surface area (Å²) in [5.41, 5.74) is 2.44. The molecule has 0 unspecified atom stereocenters. The van der Waals surface area contributed by atoms with Crippen LogP contribution in [-0.4, -0.2) is 14.7 Å². The third-order valence-electron chi connectivity index (χ3n) is 6.77. The first-order valence-corrected chi connectivity index (χ1v) is 10.9. The molecule has 2 aliphatic rings. The number of hydrogen-bond donors (Lipinski definition) is 1. The number of phenols is 1. The van der Waals surface area contributed by atoms with Gasteiger partial charge in [-0.05, 0) is 49.1 Å². The van der Waals surface area contributed by atoms with E-state index in [2.05, 4.69) is 13.8 Å². The number of hydrogen-bond acceptors (Lipinski definition) is 3. The number of aromatic hydroxyl groups is 1. The van der Waals surface area contributed by atoms with Crippen molar-refractivity contribution in [2.24, 2.45) is 5.92 Å². The van der Waals surface area contributed by atoms with Crippen molar-refractivity contribution in [2.75, 3.05) is 0 Å². The van der Waals surface area contributed by atoms with Gasteiger partial charge in [0.1, 0.15) is 11.6 Å². The average molecular weight is 381 g/mol. The number of phenolic OH excluding ortho intramolecular Hbond substituents is 1. The third kappa shape index (κ3) is 3.61. The summed E-state index contributed by atoms with van der Waals surface area (Å²) in [7, 11) is 0. The van der Waals surface area contributed by atoms with E-state index in [9.17, 15) is 9.90 Å². The van der Waals surface area contributed by atoms with Crippen molar-refractivity contribution in [2.45, 2.75) is 83.6 Å². The minimum atomic E-state index is -0.137. The summed E-state index contributed by atoms with van der Waals surface area (Å²) in [4.78, 5) is 18.6. The molecule has 1 aromatic carbocycles. The highest BCUT2D eigenvalue weighted by atomic mass is 16.3. The normalized spacial score (nSPS) is 19.4. The van der Waals surface area contributed by atoms with Crippen LogP contribution in [0.2, 0.25) is 0 Å². The van der Waals surface area contributed by atoms with Crippen molar-refractivity contribution in [1.29, 1.82) is 0 Å². The fourth-order valence-electron chi connectivity index (χ4n) is 5.15. The van der Waals surface area contributed by atoms with Gasteiger partial charge in [-0.1, -0.05) is 58.1 Å². The van der Waals surface area contributed by atoms with Crippen LogP contribution in [0.3, 0.4) is 0 Å². The molecule has 2 aromatic rings. The lowest BCUT2D eigenvalue weighted by Crippen LogP contribution is -2.38. The summed E-state index contributed by atoms with van der Waals surface area (Å²) in [5, 5.41) is 10.4. The van der Waals surface area contributed by atoms with Gasteiger partial charge in [0.15, 0.2) is 0 Å². The van der Waals surface area contributed by atoms with Gasteiger partial charge in [-0.2, -0.15) is 0 Å². The summed E-state index contributed by atoms with van der Waals surface area (Å²) in [6.45, 7) is 5.02. The smallest absolute Gasteiger partial charge is 0.257 e. The highest BCUT2D eigenvalue weighted by Gasteiger charge is 2.33. The van der Waals surface area contributed by atoms with E-state index in [-0.39, 0.29) is 16.7 Å². The first kappa shape index (κ1) is 19.2. The monoisotopic (exact) mass is 380 g/mol. The van der Waals surface area contributed by atoms with Gasteiger partial charge in [0.05, 0.1) is 11.3 Å². The van der Waals surface area contributed by atoms with Crippen LogP contribution in [0.1, 0.15) is 76.5 Å². The number of aryl methyl sites for hydroxylation is 1. The molecule has 0 saturated heterocycles. The first-order chi connectivity index (χ1) is 13.5. The Labute approximate surface area is 167 Å². The largest absolute Gasteiger partial charge is 0.507 e. The van der Waals surface area contributed by atoms with E-state index >= 15 is 0 Å². The molecular formula is C24H32N2O2. The minimum Gasteiger partial charge on any atom is -0.507 e. The summed E-state index contributed by atoms with van der Waals surface area (Å²) in [6, 6.07) is 7.26. The molecule has 4 heteroatoms.